The molecule has 2 amide bonds. The average Bonchev–Trinajstić information content (AvgIpc) is 3.25. The number of nitrogens with one attached hydrogen (secondary N) is 1. The molecule has 0 bridgehead atoms. The van der Waals surface area contributed by atoms with Crippen molar-refractivity contribution in [2.24, 2.45) is 17.8 Å². The molecule has 1 aliphatic carbocycles. The van der Waals surface area contributed by atoms with Crippen LogP contribution >= 0.6 is 15.9 Å². The van der Waals surface area contributed by atoms with Crippen LogP contribution in [0.2, 0.25) is 0 Å². The second kappa shape index (κ2) is 10.3. The second-order valence-corrected chi connectivity index (χ2v) is 12.1. The largest absolute Gasteiger partial charge is 0.387 e. The van der Waals surface area contributed by atoms with E-state index in [2.05, 4.69) is 48.2 Å². The minimum absolute atomic E-state index is 0.0389. The monoisotopic (exact) mass is 617 g/mol. The molecule has 1 saturated heterocycles. The molecule has 2 N–H and O–H groups in total. The average molecular weight is 619 g/mol. The molecule has 3 aromatic heterocycles. The Labute approximate surface area is 246 Å². The van der Waals surface area contributed by atoms with Crippen LogP contribution in [0.4, 0.5) is 5.82 Å². The van der Waals surface area contributed by atoms with Crippen LogP contribution in [-0.2, 0) is 16.1 Å². The van der Waals surface area contributed by atoms with Crippen molar-refractivity contribution in [1.82, 2.24) is 29.6 Å². The summed E-state index contributed by atoms with van der Waals surface area (Å²) in [5, 5.41) is 19.0. The predicted molar refractivity (Wildman–Crippen MR) is 158 cm³/mol. The number of aromatic nitrogens is 5. The summed E-state index contributed by atoms with van der Waals surface area (Å²) < 4.78 is 2.29. The standard InChI is InChI=1S/C30H32BrN7O3/c1-14-6-7-23(31)34-29(14)35-30(41)28-25-16(3)22(25)12-37(28)24(40)13-38-27-15(2)8-19(20-10-32-18(5)33-11-20)9-21(27)26(36-38)17(4)39/h6-11,16-17,22,25,28,39H,12-13H2,1-5H3,(H,34,35,41)/t16?,17?,22?,25?,28-/m0/s1. The minimum atomic E-state index is -0.836. The van der Waals surface area contributed by atoms with Gasteiger partial charge in [0.05, 0.1) is 17.3 Å². The Morgan fingerprint density at radius 2 is 1.85 bits per heavy atom. The van der Waals surface area contributed by atoms with Gasteiger partial charge in [0.1, 0.15) is 28.8 Å². The number of aliphatic hydroxyl groups excluding tert-OH is 1. The van der Waals surface area contributed by atoms with Gasteiger partial charge in [0.2, 0.25) is 11.8 Å². The summed E-state index contributed by atoms with van der Waals surface area (Å²) >= 11 is 3.37. The smallest absolute Gasteiger partial charge is 0.248 e. The Kier molecular flexibility index (Phi) is 6.89. The van der Waals surface area contributed by atoms with Crippen molar-refractivity contribution in [3.05, 3.63) is 63.9 Å². The number of benzene rings is 1. The summed E-state index contributed by atoms with van der Waals surface area (Å²) in [7, 11) is 0. The molecule has 1 aromatic carbocycles. The number of pyridine rings is 1. The van der Waals surface area contributed by atoms with E-state index >= 15 is 0 Å². The molecule has 1 aliphatic heterocycles. The number of carbonyl (C=O) groups excluding carboxylic acids is 2. The fourth-order valence-electron chi connectivity index (χ4n) is 6.23. The molecule has 41 heavy (non-hydrogen) atoms. The summed E-state index contributed by atoms with van der Waals surface area (Å²) in [5.41, 5.74) is 4.79. The third-order valence-electron chi connectivity index (χ3n) is 8.50. The highest BCUT2D eigenvalue weighted by Gasteiger charge is 2.62. The number of fused-ring (bicyclic) bond motifs is 2. The molecular formula is C30H32BrN7O3. The van der Waals surface area contributed by atoms with Crippen LogP contribution in [0, 0.1) is 38.5 Å². The van der Waals surface area contributed by atoms with E-state index in [1.807, 2.05) is 45.0 Å². The van der Waals surface area contributed by atoms with E-state index in [-0.39, 0.29) is 24.3 Å². The molecule has 1 saturated carbocycles. The maximum atomic E-state index is 13.8. The molecule has 2 aliphatic rings. The van der Waals surface area contributed by atoms with E-state index in [1.165, 1.54) is 0 Å². The lowest BCUT2D eigenvalue weighted by Crippen LogP contribution is -2.48. The minimum Gasteiger partial charge on any atom is -0.387 e. The highest BCUT2D eigenvalue weighted by atomic mass is 79.9. The van der Waals surface area contributed by atoms with E-state index in [9.17, 15) is 14.7 Å². The molecule has 0 radical (unpaired) electrons. The third kappa shape index (κ3) is 4.91. The molecule has 6 rings (SSSR count). The molecule has 4 heterocycles. The number of likely N-dealkylation sites (tertiary alicyclic amines) is 1. The Morgan fingerprint density at radius 1 is 1.12 bits per heavy atom. The number of carbonyl (C=O) groups is 2. The fourth-order valence-corrected chi connectivity index (χ4v) is 6.54. The summed E-state index contributed by atoms with van der Waals surface area (Å²) in [6.07, 6.45) is 2.71. The van der Waals surface area contributed by atoms with E-state index in [0.29, 0.717) is 40.3 Å². The maximum Gasteiger partial charge on any atom is 0.248 e. The number of anilines is 1. The molecule has 2 fully saturated rings. The van der Waals surface area contributed by atoms with Crippen LogP contribution in [0.5, 0.6) is 0 Å². The summed E-state index contributed by atoms with van der Waals surface area (Å²) in [5.74, 6) is 1.57. The van der Waals surface area contributed by atoms with E-state index in [0.717, 1.165) is 33.2 Å². The van der Waals surface area contributed by atoms with Gasteiger partial charge in [-0.15, -0.1) is 0 Å². The van der Waals surface area contributed by atoms with E-state index in [1.54, 1.807) is 28.9 Å². The Balaban J connectivity index is 1.30. The number of piperidine rings is 1. The third-order valence-corrected chi connectivity index (χ3v) is 8.94. The van der Waals surface area contributed by atoms with Crippen molar-refractivity contribution in [1.29, 1.82) is 0 Å². The zero-order chi connectivity index (χ0) is 29.2. The van der Waals surface area contributed by atoms with Gasteiger partial charge in [-0.25, -0.2) is 15.0 Å². The lowest BCUT2D eigenvalue weighted by Gasteiger charge is -2.28. The molecule has 212 valence electrons. The van der Waals surface area contributed by atoms with Crippen molar-refractivity contribution in [2.45, 2.75) is 53.3 Å². The van der Waals surface area contributed by atoms with Crippen molar-refractivity contribution >= 4 is 44.5 Å². The lowest BCUT2D eigenvalue weighted by atomic mass is 10.0. The molecule has 11 heteroatoms. The first-order chi connectivity index (χ1) is 19.5. The van der Waals surface area contributed by atoms with Crippen LogP contribution in [0.15, 0.2) is 41.3 Å². The van der Waals surface area contributed by atoms with Gasteiger partial charge in [0.15, 0.2) is 0 Å². The number of amides is 2. The summed E-state index contributed by atoms with van der Waals surface area (Å²) in [4.78, 5) is 42.1. The van der Waals surface area contributed by atoms with Gasteiger partial charge in [0.25, 0.3) is 0 Å². The van der Waals surface area contributed by atoms with Gasteiger partial charge in [-0.2, -0.15) is 5.10 Å². The van der Waals surface area contributed by atoms with Crippen LogP contribution in [0.25, 0.3) is 22.0 Å². The van der Waals surface area contributed by atoms with Gasteiger partial charge in [0, 0.05) is 29.9 Å². The number of hydrogen-bond acceptors (Lipinski definition) is 7. The van der Waals surface area contributed by atoms with E-state index in [4.69, 9.17) is 0 Å². The number of hydrogen-bond donors (Lipinski definition) is 2. The molecular weight excluding hydrogens is 586 g/mol. The van der Waals surface area contributed by atoms with Gasteiger partial charge < -0.3 is 15.3 Å². The Hall–Kier alpha value is -3.70. The quantitative estimate of drug-likeness (QED) is 0.308. The fraction of sp³-hybridized carbons (Fsp3) is 0.400. The zero-order valence-corrected chi connectivity index (χ0v) is 25.2. The first-order valence-electron chi connectivity index (χ1n) is 13.7. The number of nitrogens with zero attached hydrogens (tertiary/aromatic N) is 6. The molecule has 0 spiro atoms. The summed E-state index contributed by atoms with van der Waals surface area (Å²) in [6.45, 7) is 9.98. The summed E-state index contributed by atoms with van der Waals surface area (Å²) in [6, 6.07) is 7.11. The Bertz CT molecular complexity index is 1680. The van der Waals surface area contributed by atoms with Gasteiger partial charge >= 0.3 is 0 Å². The second-order valence-electron chi connectivity index (χ2n) is 11.3. The molecule has 4 aromatic rings. The normalized spacial score (nSPS) is 22.1. The van der Waals surface area contributed by atoms with Gasteiger partial charge in [-0.05, 0) is 96.3 Å². The van der Waals surface area contributed by atoms with Crippen LogP contribution in [0.3, 0.4) is 0 Å². The zero-order valence-electron chi connectivity index (χ0n) is 23.6. The van der Waals surface area contributed by atoms with Crippen LogP contribution in [0.1, 0.15) is 42.6 Å². The van der Waals surface area contributed by atoms with Gasteiger partial charge in [-0.1, -0.05) is 13.0 Å². The maximum absolute atomic E-state index is 13.8. The predicted octanol–water partition coefficient (Wildman–Crippen LogP) is 4.36. The number of aryl methyl sites for hydroxylation is 3. The number of halogens is 1. The topological polar surface area (TPSA) is 126 Å². The van der Waals surface area contributed by atoms with Crippen LogP contribution < -0.4 is 5.32 Å². The molecule has 5 atom stereocenters. The first-order valence-corrected chi connectivity index (χ1v) is 14.5. The number of rotatable bonds is 6. The Morgan fingerprint density at radius 3 is 2.56 bits per heavy atom. The first kappa shape index (κ1) is 27.5. The van der Waals surface area contributed by atoms with Crippen molar-refractivity contribution < 1.29 is 14.7 Å². The van der Waals surface area contributed by atoms with Crippen molar-refractivity contribution in [3.8, 4) is 11.1 Å². The van der Waals surface area contributed by atoms with Crippen LogP contribution in [-0.4, -0.2) is 59.1 Å². The molecule has 4 unspecified atom stereocenters. The molecule has 10 nitrogen and oxygen atoms in total. The van der Waals surface area contributed by atoms with Gasteiger partial charge in [-0.3, -0.25) is 14.3 Å². The van der Waals surface area contributed by atoms with E-state index < -0.39 is 12.1 Å². The number of aliphatic hydroxyl groups is 1. The lowest BCUT2D eigenvalue weighted by molar-refractivity contribution is -0.138. The highest BCUT2D eigenvalue weighted by molar-refractivity contribution is 9.10. The van der Waals surface area contributed by atoms with Crippen molar-refractivity contribution in [3.63, 3.8) is 0 Å². The van der Waals surface area contributed by atoms with Crippen molar-refractivity contribution in [2.75, 3.05) is 11.9 Å². The SMILES string of the molecule is Cc1ncc(-c2cc(C)c3c(c2)c(C(C)O)nn3CC(=O)N2CC3C(C)C3[C@H]2C(=O)Nc2nc(Br)ccc2C)cn1. The highest BCUT2D eigenvalue weighted by Crippen LogP contribution is 2.55.